The van der Waals surface area contributed by atoms with Crippen LogP contribution in [-0.2, 0) is 11.3 Å². The van der Waals surface area contributed by atoms with Crippen LogP contribution in [0.3, 0.4) is 0 Å². The number of halogens is 3. The lowest BCUT2D eigenvalue weighted by atomic mass is 9.98. The van der Waals surface area contributed by atoms with Gasteiger partial charge in [0, 0.05) is 34.8 Å². The van der Waals surface area contributed by atoms with Crippen molar-refractivity contribution < 1.29 is 31.7 Å². The predicted molar refractivity (Wildman–Crippen MR) is 140 cm³/mol. The SMILES string of the molecule is O=c1[nH]c(-c2ccc(N3C4CCC3CC(OCc3c(-c5ccccc5OC(F)F)noc3C3CC3)C4)cc2F)no1. The average Bonchev–Trinajstić information content (AvgIpc) is 3.47. The van der Waals surface area contributed by atoms with Gasteiger partial charge in [0.2, 0.25) is 0 Å². The number of nitrogens with one attached hydrogen (secondary N) is 1. The van der Waals surface area contributed by atoms with Crippen molar-refractivity contribution in [3.63, 3.8) is 0 Å². The Labute approximate surface area is 232 Å². The number of aromatic amines is 1. The molecule has 2 bridgehead atoms. The molecule has 0 spiro atoms. The van der Waals surface area contributed by atoms with Crippen molar-refractivity contribution in [3.8, 4) is 28.4 Å². The Kier molecular flexibility index (Phi) is 6.57. The lowest BCUT2D eigenvalue weighted by molar-refractivity contribution is -0.0494. The van der Waals surface area contributed by atoms with Crippen LogP contribution in [0.4, 0.5) is 18.9 Å². The average molecular weight is 569 g/mol. The number of piperidine rings is 1. The van der Waals surface area contributed by atoms with E-state index in [1.807, 2.05) is 6.07 Å². The van der Waals surface area contributed by atoms with Crippen molar-refractivity contribution in [2.45, 2.75) is 75.8 Å². The van der Waals surface area contributed by atoms with Crippen LogP contribution in [0.5, 0.6) is 5.75 Å². The molecular weight excluding hydrogens is 541 g/mol. The molecule has 2 aromatic carbocycles. The van der Waals surface area contributed by atoms with Crippen molar-refractivity contribution in [3.05, 3.63) is 70.2 Å². The van der Waals surface area contributed by atoms with E-state index in [0.717, 1.165) is 55.5 Å². The fourth-order valence-electron chi connectivity index (χ4n) is 6.29. The number of hydrogen-bond donors (Lipinski definition) is 1. The van der Waals surface area contributed by atoms with Crippen LogP contribution < -0.4 is 15.4 Å². The number of anilines is 1. The lowest BCUT2D eigenvalue weighted by Gasteiger charge is -2.40. The van der Waals surface area contributed by atoms with Gasteiger partial charge in [0.05, 0.1) is 18.3 Å². The van der Waals surface area contributed by atoms with Crippen LogP contribution in [0.2, 0.25) is 0 Å². The van der Waals surface area contributed by atoms with Gasteiger partial charge in [0.1, 0.15) is 23.0 Å². The Hall–Kier alpha value is -4.06. The molecule has 9 nitrogen and oxygen atoms in total. The number of benzene rings is 2. The highest BCUT2D eigenvalue weighted by atomic mass is 19.3. The normalized spacial score (nSPS) is 22.0. The highest BCUT2D eigenvalue weighted by molar-refractivity contribution is 5.70. The Morgan fingerprint density at radius 1 is 1.00 bits per heavy atom. The topological polar surface area (TPSA) is 107 Å². The highest BCUT2D eigenvalue weighted by Crippen LogP contribution is 2.46. The van der Waals surface area contributed by atoms with E-state index in [9.17, 15) is 18.0 Å². The number of para-hydroxylation sites is 1. The summed E-state index contributed by atoms with van der Waals surface area (Å²) in [5.41, 5.74) is 2.62. The van der Waals surface area contributed by atoms with Gasteiger partial charge in [-0.1, -0.05) is 22.4 Å². The van der Waals surface area contributed by atoms with E-state index in [2.05, 4.69) is 24.7 Å². The molecule has 2 saturated heterocycles. The summed E-state index contributed by atoms with van der Waals surface area (Å²) in [6.07, 6.45) is 5.41. The molecule has 2 aromatic heterocycles. The number of hydrogen-bond acceptors (Lipinski definition) is 8. The van der Waals surface area contributed by atoms with Crippen molar-refractivity contribution in [1.82, 2.24) is 15.3 Å². The van der Waals surface area contributed by atoms with E-state index in [4.69, 9.17) is 14.0 Å². The first-order chi connectivity index (χ1) is 19.9. The summed E-state index contributed by atoms with van der Waals surface area (Å²) in [5.74, 6) is -0.138. The van der Waals surface area contributed by atoms with E-state index >= 15 is 0 Å². The molecule has 4 heterocycles. The standard InChI is InChI=1S/C29H27F3N4O5/c30-23-13-18(9-10-20(23)27-33-29(37)41-35-27)36-16-7-8-17(36)12-19(11-16)38-14-22-25(34-40-26(22)15-5-6-15)21-3-1-2-4-24(21)39-28(31)32/h1-4,9-10,13,15-17,19,28H,5-8,11-12,14H2,(H,33,35,37). The van der Waals surface area contributed by atoms with Crippen molar-refractivity contribution in [2.75, 3.05) is 4.90 Å². The zero-order valence-corrected chi connectivity index (χ0v) is 21.9. The molecular formula is C29H27F3N4O5. The maximum absolute atomic E-state index is 15.0. The predicted octanol–water partition coefficient (Wildman–Crippen LogP) is 6.02. The highest BCUT2D eigenvalue weighted by Gasteiger charge is 2.42. The van der Waals surface area contributed by atoms with Gasteiger partial charge < -0.3 is 18.9 Å². The van der Waals surface area contributed by atoms with Gasteiger partial charge in [-0.25, -0.2) is 9.18 Å². The fraction of sp³-hybridized carbons (Fsp3) is 0.414. The Morgan fingerprint density at radius 2 is 1.78 bits per heavy atom. The second-order valence-corrected chi connectivity index (χ2v) is 10.8. The zero-order chi connectivity index (χ0) is 28.1. The Morgan fingerprint density at radius 3 is 2.46 bits per heavy atom. The number of H-pyrrole nitrogens is 1. The maximum Gasteiger partial charge on any atom is 0.439 e. The van der Waals surface area contributed by atoms with E-state index in [1.165, 1.54) is 12.1 Å². The minimum Gasteiger partial charge on any atom is -0.434 e. The summed E-state index contributed by atoms with van der Waals surface area (Å²) in [7, 11) is 0. The largest absolute Gasteiger partial charge is 0.439 e. The molecule has 0 amide bonds. The first kappa shape index (κ1) is 25.9. The molecule has 3 aliphatic rings. The van der Waals surface area contributed by atoms with Crippen LogP contribution >= 0.6 is 0 Å². The third kappa shape index (κ3) is 5.01. The summed E-state index contributed by atoms with van der Waals surface area (Å²) in [6, 6.07) is 11.8. The van der Waals surface area contributed by atoms with E-state index < -0.39 is 18.2 Å². The molecule has 3 fully saturated rings. The summed E-state index contributed by atoms with van der Waals surface area (Å²) < 4.78 is 62.6. The van der Waals surface area contributed by atoms with E-state index in [1.54, 1.807) is 24.3 Å². The monoisotopic (exact) mass is 568 g/mol. The number of rotatable bonds is 9. The molecule has 12 heteroatoms. The molecule has 0 radical (unpaired) electrons. The van der Waals surface area contributed by atoms with Crippen LogP contribution in [0, 0.1) is 5.82 Å². The first-order valence-corrected chi connectivity index (χ1v) is 13.7. The van der Waals surface area contributed by atoms with Crippen LogP contribution in [0.25, 0.3) is 22.6 Å². The van der Waals surface area contributed by atoms with Gasteiger partial charge in [-0.15, -0.1) is 0 Å². The van der Waals surface area contributed by atoms with Gasteiger partial charge in [0.25, 0.3) is 0 Å². The molecule has 1 N–H and O–H groups in total. The molecule has 2 atom stereocenters. The van der Waals surface area contributed by atoms with Crippen LogP contribution in [0.15, 0.2) is 56.3 Å². The zero-order valence-electron chi connectivity index (χ0n) is 21.9. The number of fused-ring (bicyclic) bond motifs is 2. The quantitative estimate of drug-likeness (QED) is 0.261. The summed E-state index contributed by atoms with van der Waals surface area (Å²) in [6.45, 7) is -2.71. The summed E-state index contributed by atoms with van der Waals surface area (Å²) in [5, 5.41) is 7.84. The van der Waals surface area contributed by atoms with Gasteiger partial charge in [-0.05, 0) is 68.9 Å². The van der Waals surface area contributed by atoms with Crippen molar-refractivity contribution >= 4 is 5.69 Å². The third-order valence-corrected chi connectivity index (χ3v) is 8.22. The minimum absolute atomic E-state index is 0.0320. The fourth-order valence-corrected chi connectivity index (χ4v) is 6.29. The molecule has 214 valence electrons. The van der Waals surface area contributed by atoms with Crippen LogP contribution in [-0.4, -0.2) is 40.1 Å². The first-order valence-electron chi connectivity index (χ1n) is 13.7. The Balaban J connectivity index is 1.08. The smallest absolute Gasteiger partial charge is 0.434 e. The molecule has 1 aliphatic carbocycles. The molecule has 1 saturated carbocycles. The number of alkyl halides is 2. The molecule has 2 aliphatic heterocycles. The summed E-state index contributed by atoms with van der Waals surface area (Å²) >= 11 is 0. The molecule has 2 unspecified atom stereocenters. The number of aromatic nitrogens is 3. The van der Waals surface area contributed by atoms with Gasteiger partial charge in [0.15, 0.2) is 5.82 Å². The molecule has 4 aromatic rings. The minimum atomic E-state index is -2.96. The van der Waals surface area contributed by atoms with Crippen molar-refractivity contribution in [2.24, 2.45) is 0 Å². The number of ether oxygens (including phenoxy) is 2. The van der Waals surface area contributed by atoms with E-state index in [-0.39, 0.29) is 47.8 Å². The van der Waals surface area contributed by atoms with Crippen LogP contribution in [0.1, 0.15) is 55.8 Å². The van der Waals surface area contributed by atoms with Gasteiger partial charge in [-0.2, -0.15) is 8.78 Å². The van der Waals surface area contributed by atoms with Gasteiger partial charge >= 0.3 is 12.4 Å². The molecule has 7 rings (SSSR count). The van der Waals surface area contributed by atoms with E-state index in [0.29, 0.717) is 11.3 Å². The Bertz CT molecular complexity index is 1600. The third-order valence-electron chi connectivity index (χ3n) is 8.22. The molecule has 41 heavy (non-hydrogen) atoms. The van der Waals surface area contributed by atoms with Crippen molar-refractivity contribution in [1.29, 1.82) is 0 Å². The second-order valence-electron chi connectivity index (χ2n) is 10.8. The number of nitrogens with zero attached hydrogens (tertiary/aromatic N) is 3. The lowest BCUT2D eigenvalue weighted by Crippen LogP contribution is -2.45. The maximum atomic E-state index is 15.0. The summed E-state index contributed by atoms with van der Waals surface area (Å²) in [4.78, 5) is 15.9. The van der Waals surface area contributed by atoms with Gasteiger partial charge in [-0.3, -0.25) is 9.51 Å². The second kappa shape index (κ2) is 10.4.